The van der Waals surface area contributed by atoms with E-state index in [0.717, 1.165) is 41.7 Å². The first-order chi connectivity index (χ1) is 16.1. The summed E-state index contributed by atoms with van der Waals surface area (Å²) < 4.78 is 5.49. The van der Waals surface area contributed by atoms with E-state index in [-0.39, 0.29) is 17.7 Å². The molecule has 2 aromatic carbocycles. The van der Waals surface area contributed by atoms with Crippen molar-refractivity contribution >= 4 is 11.8 Å². The highest BCUT2D eigenvalue weighted by atomic mass is 16.5. The van der Waals surface area contributed by atoms with E-state index in [1.165, 1.54) is 5.56 Å². The Morgan fingerprint density at radius 1 is 1.12 bits per heavy atom. The average molecular weight is 444 g/mol. The van der Waals surface area contributed by atoms with Crippen molar-refractivity contribution in [3.63, 3.8) is 0 Å². The first-order valence-electron chi connectivity index (χ1n) is 11.8. The maximum Gasteiger partial charge on any atom is 0.276 e. The standard InChI is InChI=1S/C27H29N3O3/c1-18-7-12-24-23(15-18)25(29-33-24)27(32)30-14-13-28-26(31)22(17-30)16-19-8-10-21(11-9-19)20-5-3-2-4-6-20/h2-6,8-11,18,22H,7,12-17H2,1H3,(H,28,31)/t18-,22-/m1/s1. The lowest BCUT2D eigenvalue weighted by Crippen LogP contribution is -2.38. The number of hydrogen-bond acceptors (Lipinski definition) is 4. The van der Waals surface area contributed by atoms with Crippen LogP contribution in [0.25, 0.3) is 11.1 Å². The van der Waals surface area contributed by atoms with Crippen LogP contribution in [0.2, 0.25) is 0 Å². The Hall–Kier alpha value is -3.41. The molecule has 6 nitrogen and oxygen atoms in total. The minimum Gasteiger partial charge on any atom is -0.360 e. The summed E-state index contributed by atoms with van der Waals surface area (Å²) in [4.78, 5) is 27.9. The van der Waals surface area contributed by atoms with E-state index in [1.54, 1.807) is 4.90 Å². The second-order valence-corrected chi connectivity index (χ2v) is 9.29. The molecule has 2 amide bonds. The number of nitrogens with one attached hydrogen (secondary N) is 1. The third kappa shape index (κ3) is 4.56. The second kappa shape index (κ2) is 9.22. The van der Waals surface area contributed by atoms with Gasteiger partial charge in [-0.3, -0.25) is 9.59 Å². The number of aryl methyl sites for hydroxylation is 1. The highest BCUT2D eigenvalue weighted by Gasteiger charge is 2.33. The molecular formula is C27H29N3O3. The molecule has 0 radical (unpaired) electrons. The summed E-state index contributed by atoms with van der Waals surface area (Å²) in [7, 11) is 0. The van der Waals surface area contributed by atoms with Gasteiger partial charge in [0.25, 0.3) is 5.91 Å². The number of benzene rings is 2. The van der Waals surface area contributed by atoms with Crippen LogP contribution in [0.15, 0.2) is 59.1 Å². The molecule has 0 saturated carbocycles. The van der Waals surface area contributed by atoms with Gasteiger partial charge in [-0.1, -0.05) is 66.7 Å². The van der Waals surface area contributed by atoms with Crippen LogP contribution in [0.5, 0.6) is 0 Å². The molecule has 2 heterocycles. The summed E-state index contributed by atoms with van der Waals surface area (Å²) in [5.41, 5.74) is 4.77. The van der Waals surface area contributed by atoms with E-state index in [9.17, 15) is 9.59 Å². The van der Waals surface area contributed by atoms with Gasteiger partial charge < -0.3 is 14.7 Å². The summed E-state index contributed by atoms with van der Waals surface area (Å²) in [5.74, 6) is 0.918. The van der Waals surface area contributed by atoms with Gasteiger partial charge in [0, 0.05) is 31.6 Å². The molecule has 6 heteroatoms. The summed E-state index contributed by atoms with van der Waals surface area (Å²) in [6.07, 6.45) is 3.29. The molecule has 33 heavy (non-hydrogen) atoms. The maximum atomic E-state index is 13.4. The van der Waals surface area contributed by atoms with Crippen LogP contribution in [0, 0.1) is 11.8 Å². The Morgan fingerprint density at radius 3 is 2.67 bits per heavy atom. The fourth-order valence-electron chi connectivity index (χ4n) is 4.88. The number of carbonyl (C=O) groups is 2. The summed E-state index contributed by atoms with van der Waals surface area (Å²) in [6, 6.07) is 18.5. The number of fused-ring (bicyclic) bond motifs is 1. The Labute approximate surface area is 194 Å². The van der Waals surface area contributed by atoms with Gasteiger partial charge in [0.2, 0.25) is 5.91 Å². The zero-order valence-electron chi connectivity index (χ0n) is 18.9. The van der Waals surface area contributed by atoms with Crippen LogP contribution in [0.3, 0.4) is 0 Å². The smallest absolute Gasteiger partial charge is 0.276 e. The van der Waals surface area contributed by atoms with E-state index < -0.39 is 0 Å². The molecule has 0 unspecified atom stereocenters. The number of hydrogen-bond donors (Lipinski definition) is 1. The first kappa shape index (κ1) is 21.4. The lowest BCUT2D eigenvalue weighted by atomic mass is 9.88. The van der Waals surface area contributed by atoms with Crippen LogP contribution in [0.1, 0.15) is 40.7 Å². The van der Waals surface area contributed by atoms with Crippen molar-refractivity contribution in [2.45, 2.75) is 32.6 Å². The molecule has 2 aliphatic rings. The fraction of sp³-hybridized carbons (Fsp3) is 0.370. The zero-order chi connectivity index (χ0) is 22.8. The van der Waals surface area contributed by atoms with Crippen molar-refractivity contribution in [1.29, 1.82) is 0 Å². The Balaban J connectivity index is 1.31. The number of rotatable bonds is 4. The number of carbonyl (C=O) groups excluding carboxylic acids is 2. The summed E-state index contributed by atoms with van der Waals surface area (Å²) >= 11 is 0. The molecule has 1 saturated heterocycles. The third-order valence-corrected chi connectivity index (χ3v) is 6.81. The van der Waals surface area contributed by atoms with Crippen molar-refractivity contribution in [1.82, 2.24) is 15.4 Å². The molecule has 0 bridgehead atoms. The lowest BCUT2D eigenvalue weighted by Gasteiger charge is -2.23. The fourth-order valence-corrected chi connectivity index (χ4v) is 4.88. The van der Waals surface area contributed by atoms with Gasteiger partial charge in [0.05, 0.1) is 5.92 Å². The number of nitrogens with zero attached hydrogens (tertiary/aromatic N) is 2. The van der Waals surface area contributed by atoms with Gasteiger partial charge in [-0.15, -0.1) is 0 Å². The Bertz CT molecular complexity index is 1140. The quantitative estimate of drug-likeness (QED) is 0.664. The van der Waals surface area contributed by atoms with E-state index >= 15 is 0 Å². The largest absolute Gasteiger partial charge is 0.360 e. The molecule has 0 spiro atoms. The minimum atomic E-state index is -0.305. The normalized spacial score (nSPS) is 20.6. The molecule has 170 valence electrons. The molecular weight excluding hydrogens is 414 g/mol. The molecule has 3 aromatic rings. The van der Waals surface area contributed by atoms with Crippen LogP contribution < -0.4 is 5.32 Å². The monoisotopic (exact) mass is 443 g/mol. The number of aromatic nitrogens is 1. The molecule has 2 atom stereocenters. The molecule has 1 aliphatic carbocycles. The van der Waals surface area contributed by atoms with Gasteiger partial charge in [-0.25, -0.2) is 0 Å². The van der Waals surface area contributed by atoms with E-state index in [4.69, 9.17) is 4.52 Å². The third-order valence-electron chi connectivity index (χ3n) is 6.81. The van der Waals surface area contributed by atoms with Crippen LogP contribution in [0.4, 0.5) is 0 Å². The molecule has 1 N–H and O–H groups in total. The zero-order valence-corrected chi connectivity index (χ0v) is 18.9. The van der Waals surface area contributed by atoms with Crippen LogP contribution >= 0.6 is 0 Å². The van der Waals surface area contributed by atoms with Gasteiger partial charge in [0.15, 0.2) is 5.69 Å². The van der Waals surface area contributed by atoms with Crippen LogP contribution in [-0.2, 0) is 24.1 Å². The minimum absolute atomic E-state index is 0.00626. The maximum absolute atomic E-state index is 13.4. The summed E-state index contributed by atoms with van der Waals surface area (Å²) in [5, 5.41) is 7.11. The van der Waals surface area contributed by atoms with E-state index in [1.807, 2.05) is 18.2 Å². The van der Waals surface area contributed by atoms with Gasteiger partial charge >= 0.3 is 0 Å². The highest BCUT2D eigenvalue weighted by molar-refractivity contribution is 5.94. The SMILES string of the molecule is C[C@@H]1CCc2onc(C(=O)N3CCNC(=O)[C@H](Cc4ccc(-c5ccccc5)cc4)C3)c2C1. The first-order valence-corrected chi connectivity index (χ1v) is 11.8. The Kier molecular flexibility index (Phi) is 5.99. The van der Waals surface area contributed by atoms with Crippen molar-refractivity contribution in [2.75, 3.05) is 19.6 Å². The molecule has 1 aromatic heterocycles. The predicted octanol–water partition coefficient (Wildman–Crippen LogP) is 3.90. The van der Waals surface area contributed by atoms with E-state index in [2.05, 4.69) is 53.8 Å². The van der Waals surface area contributed by atoms with Gasteiger partial charge in [-0.2, -0.15) is 0 Å². The number of amides is 2. The molecule has 5 rings (SSSR count). The lowest BCUT2D eigenvalue weighted by molar-refractivity contribution is -0.124. The van der Waals surface area contributed by atoms with Crippen molar-refractivity contribution in [3.8, 4) is 11.1 Å². The average Bonchev–Trinajstić information content (AvgIpc) is 3.17. The highest BCUT2D eigenvalue weighted by Crippen LogP contribution is 2.29. The van der Waals surface area contributed by atoms with Crippen molar-refractivity contribution < 1.29 is 14.1 Å². The second-order valence-electron chi connectivity index (χ2n) is 9.29. The topological polar surface area (TPSA) is 75.4 Å². The van der Waals surface area contributed by atoms with Crippen molar-refractivity contribution in [3.05, 3.63) is 77.2 Å². The van der Waals surface area contributed by atoms with Crippen molar-refractivity contribution in [2.24, 2.45) is 11.8 Å². The van der Waals surface area contributed by atoms with Gasteiger partial charge in [-0.05, 0) is 41.9 Å². The van der Waals surface area contributed by atoms with Gasteiger partial charge in [0.1, 0.15) is 5.76 Å². The molecule has 1 fully saturated rings. The molecule has 1 aliphatic heterocycles. The summed E-state index contributed by atoms with van der Waals surface area (Å²) in [6.45, 7) is 3.50. The van der Waals surface area contributed by atoms with Crippen LogP contribution in [-0.4, -0.2) is 41.5 Å². The Morgan fingerprint density at radius 2 is 1.88 bits per heavy atom. The van der Waals surface area contributed by atoms with E-state index in [0.29, 0.717) is 37.7 Å². The predicted molar refractivity (Wildman–Crippen MR) is 126 cm³/mol.